The number of carboxylic acids is 1. The van der Waals surface area contributed by atoms with Crippen LogP contribution in [-0.4, -0.2) is 16.1 Å². The summed E-state index contributed by atoms with van der Waals surface area (Å²) in [7, 11) is 0. The number of rotatable bonds is 10. The summed E-state index contributed by atoms with van der Waals surface area (Å²) in [5, 5.41) is 9.11. The van der Waals surface area contributed by atoms with Gasteiger partial charge >= 0.3 is 5.97 Å². The highest BCUT2D eigenvalue weighted by Gasteiger charge is 2.12. The zero-order valence-corrected chi connectivity index (χ0v) is 18.6. The maximum absolute atomic E-state index is 11.1. The number of nitrogens with one attached hydrogen (secondary N) is 1. The zero-order chi connectivity index (χ0) is 23.8. The van der Waals surface area contributed by atoms with Gasteiger partial charge < -0.3 is 14.3 Å². The van der Waals surface area contributed by atoms with Gasteiger partial charge in [0.25, 0.3) is 0 Å². The quantitative estimate of drug-likeness (QED) is 0.245. The van der Waals surface area contributed by atoms with E-state index in [-0.39, 0.29) is 6.61 Å². The molecule has 3 aromatic carbocycles. The van der Waals surface area contributed by atoms with Crippen molar-refractivity contribution in [3.63, 3.8) is 0 Å². The molecule has 0 aliphatic carbocycles. The average molecular weight is 456 g/mol. The van der Waals surface area contributed by atoms with E-state index >= 15 is 0 Å². The molecule has 0 saturated heterocycles. The number of aryl methyl sites for hydroxylation is 1. The molecule has 0 fully saturated rings. The molecule has 1 heterocycles. The molecule has 0 aliphatic heterocycles. The molecule has 0 aliphatic rings. The van der Waals surface area contributed by atoms with E-state index in [1.807, 2.05) is 79.7 Å². The van der Waals surface area contributed by atoms with E-state index in [0.717, 1.165) is 28.7 Å². The molecule has 0 saturated carbocycles. The Morgan fingerprint density at radius 3 is 2.32 bits per heavy atom. The van der Waals surface area contributed by atoms with Crippen molar-refractivity contribution in [2.75, 3.05) is 0 Å². The maximum Gasteiger partial charge on any atom is 0.330 e. The monoisotopic (exact) mass is 456 g/mol. The van der Waals surface area contributed by atoms with Crippen molar-refractivity contribution in [3.8, 4) is 17.2 Å². The standard InChI is InChI=1S/C27H24N2O5/c1-19-25(28-27(34-19)22-10-6-3-7-11-22)18-32-23-14-12-20(13-15-23)17-33-29-24(16-26(30)31)21-8-4-2-5-9-21/h2-16,29H,17-18H2,1H3,(H,30,31). The van der Waals surface area contributed by atoms with Crippen molar-refractivity contribution >= 4 is 11.7 Å². The van der Waals surface area contributed by atoms with E-state index in [0.29, 0.717) is 29.5 Å². The fourth-order valence-corrected chi connectivity index (χ4v) is 3.21. The van der Waals surface area contributed by atoms with Gasteiger partial charge in [-0.15, -0.1) is 0 Å². The van der Waals surface area contributed by atoms with Crippen LogP contribution in [-0.2, 0) is 22.8 Å². The summed E-state index contributed by atoms with van der Waals surface area (Å²) in [6, 6.07) is 26.3. The summed E-state index contributed by atoms with van der Waals surface area (Å²) in [5.41, 5.74) is 6.37. The molecule has 172 valence electrons. The first kappa shape index (κ1) is 22.8. The minimum atomic E-state index is -1.06. The Labute approximate surface area is 197 Å². The lowest BCUT2D eigenvalue weighted by atomic mass is 10.1. The SMILES string of the molecule is Cc1oc(-c2ccccc2)nc1COc1ccc(CONC(=CC(=O)O)c2ccccc2)cc1. The summed E-state index contributed by atoms with van der Waals surface area (Å²) in [6.07, 6.45) is 1.07. The summed E-state index contributed by atoms with van der Waals surface area (Å²) in [5.74, 6) is 0.924. The van der Waals surface area contributed by atoms with E-state index in [4.69, 9.17) is 19.1 Å². The molecule has 7 nitrogen and oxygen atoms in total. The van der Waals surface area contributed by atoms with Crippen LogP contribution in [0.5, 0.6) is 5.75 Å². The number of carboxylic acid groups (broad SMARTS) is 1. The van der Waals surface area contributed by atoms with Gasteiger partial charge in [-0.05, 0) is 36.8 Å². The highest BCUT2D eigenvalue weighted by molar-refractivity contribution is 5.89. The van der Waals surface area contributed by atoms with Crippen molar-refractivity contribution in [2.45, 2.75) is 20.1 Å². The van der Waals surface area contributed by atoms with Crippen LogP contribution in [0, 0.1) is 6.92 Å². The van der Waals surface area contributed by atoms with Crippen LogP contribution in [0.15, 0.2) is 95.4 Å². The number of ether oxygens (including phenoxy) is 1. The third-order valence-corrected chi connectivity index (χ3v) is 4.99. The first-order valence-corrected chi connectivity index (χ1v) is 10.7. The van der Waals surface area contributed by atoms with E-state index in [1.54, 1.807) is 12.1 Å². The molecular weight excluding hydrogens is 432 g/mol. The zero-order valence-electron chi connectivity index (χ0n) is 18.6. The van der Waals surface area contributed by atoms with Gasteiger partial charge in [0, 0.05) is 17.2 Å². The van der Waals surface area contributed by atoms with Gasteiger partial charge in [-0.3, -0.25) is 10.3 Å². The fraction of sp³-hybridized carbons (Fsp3) is 0.111. The van der Waals surface area contributed by atoms with Gasteiger partial charge in [0.2, 0.25) is 5.89 Å². The molecular formula is C27H24N2O5. The lowest BCUT2D eigenvalue weighted by Crippen LogP contribution is -2.14. The first-order chi connectivity index (χ1) is 16.6. The Morgan fingerprint density at radius 1 is 0.971 bits per heavy atom. The number of benzene rings is 3. The molecule has 0 radical (unpaired) electrons. The fourth-order valence-electron chi connectivity index (χ4n) is 3.21. The van der Waals surface area contributed by atoms with Crippen molar-refractivity contribution in [1.29, 1.82) is 0 Å². The average Bonchev–Trinajstić information content (AvgIpc) is 3.24. The largest absolute Gasteiger partial charge is 0.487 e. The van der Waals surface area contributed by atoms with Gasteiger partial charge in [-0.1, -0.05) is 60.7 Å². The number of carbonyl (C=O) groups is 1. The Bertz CT molecular complexity index is 1250. The van der Waals surface area contributed by atoms with Crippen molar-refractivity contribution in [3.05, 3.63) is 114 Å². The summed E-state index contributed by atoms with van der Waals surface area (Å²) < 4.78 is 11.6. The smallest absolute Gasteiger partial charge is 0.330 e. The van der Waals surface area contributed by atoms with Crippen molar-refractivity contribution in [1.82, 2.24) is 10.5 Å². The number of oxazole rings is 1. The number of aliphatic carboxylic acids is 1. The van der Waals surface area contributed by atoms with Gasteiger partial charge in [0.15, 0.2) is 0 Å². The molecule has 4 aromatic rings. The van der Waals surface area contributed by atoms with Crippen LogP contribution < -0.4 is 10.2 Å². The predicted octanol–water partition coefficient (Wildman–Crippen LogP) is 5.38. The number of hydroxylamine groups is 1. The normalized spacial score (nSPS) is 11.3. The molecule has 0 spiro atoms. The molecule has 1 aromatic heterocycles. The van der Waals surface area contributed by atoms with Crippen molar-refractivity contribution in [2.24, 2.45) is 0 Å². The second-order valence-corrected chi connectivity index (χ2v) is 7.47. The van der Waals surface area contributed by atoms with Crippen molar-refractivity contribution < 1.29 is 23.9 Å². The second kappa shape index (κ2) is 11.0. The van der Waals surface area contributed by atoms with Crippen LogP contribution in [0.3, 0.4) is 0 Å². The van der Waals surface area contributed by atoms with Gasteiger partial charge in [-0.25, -0.2) is 9.78 Å². The molecule has 34 heavy (non-hydrogen) atoms. The van der Waals surface area contributed by atoms with E-state index in [9.17, 15) is 4.79 Å². The third-order valence-electron chi connectivity index (χ3n) is 4.99. The number of nitrogens with zero attached hydrogens (tertiary/aromatic N) is 1. The molecule has 0 unspecified atom stereocenters. The van der Waals surface area contributed by atoms with Crippen LogP contribution in [0.2, 0.25) is 0 Å². The molecule has 4 rings (SSSR count). The van der Waals surface area contributed by atoms with E-state index in [1.165, 1.54) is 0 Å². The van der Waals surface area contributed by atoms with Gasteiger partial charge in [-0.2, -0.15) is 0 Å². The molecule has 2 N–H and O–H groups in total. The van der Waals surface area contributed by atoms with Gasteiger partial charge in [0.05, 0.1) is 12.3 Å². The molecule has 7 heteroatoms. The summed E-state index contributed by atoms with van der Waals surface area (Å²) in [6.45, 7) is 2.40. The van der Waals surface area contributed by atoms with Crippen LogP contribution in [0.4, 0.5) is 0 Å². The van der Waals surface area contributed by atoms with E-state index in [2.05, 4.69) is 10.5 Å². The highest BCUT2D eigenvalue weighted by atomic mass is 16.6. The van der Waals surface area contributed by atoms with Crippen LogP contribution in [0.1, 0.15) is 22.6 Å². The number of aromatic nitrogens is 1. The topological polar surface area (TPSA) is 93.8 Å². The Kier molecular flexibility index (Phi) is 7.37. The Morgan fingerprint density at radius 2 is 1.65 bits per heavy atom. The molecule has 0 amide bonds. The maximum atomic E-state index is 11.1. The second-order valence-electron chi connectivity index (χ2n) is 7.47. The molecule has 0 atom stereocenters. The lowest BCUT2D eigenvalue weighted by Gasteiger charge is -2.11. The number of hydrogen-bond acceptors (Lipinski definition) is 6. The number of hydrogen-bond donors (Lipinski definition) is 2. The molecule has 0 bridgehead atoms. The van der Waals surface area contributed by atoms with Crippen LogP contribution in [0.25, 0.3) is 17.2 Å². The van der Waals surface area contributed by atoms with E-state index < -0.39 is 5.97 Å². The third kappa shape index (κ3) is 6.11. The highest BCUT2D eigenvalue weighted by Crippen LogP contribution is 2.23. The van der Waals surface area contributed by atoms with Gasteiger partial charge in [0.1, 0.15) is 23.8 Å². The Hall–Kier alpha value is -4.36. The Balaban J connectivity index is 1.31. The minimum absolute atomic E-state index is 0.243. The first-order valence-electron chi connectivity index (χ1n) is 10.7. The van der Waals surface area contributed by atoms with Crippen LogP contribution >= 0.6 is 0 Å². The predicted molar refractivity (Wildman–Crippen MR) is 127 cm³/mol. The summed E-state index contributed by atoms with van der Waals surface area (Å²) >= 11 is 0. The lowest BCUT2D eigenvalue weighted by molar-refractivity contribution is -0.131. The summed E-state index contributed by atoms with van der Waals surface area (Å²) in [4.78, 5) is 21.2. The minimum Gasteiger partial charge on any atom is -0.487 e.